The van der Waals surface area contributed by atoms with Crippen molar-refractivity contribution in [3.8, 4) is 5.75 Å². The van der Waals surface area contributed by atoms with E-state index in [4.69, 9.17) is 14.2 Å². The maximum Gasteiger partial charge on any atom is 0.309 e. The molecule has 0 amide bonds. The first-order valence-electron chi connectivity index (χ1n) is 11.4. The highest BCUT2D eigenvalue weighted by atomic mass is 16.5. The molecule has 1 aliphatic rings. The lowest BCUT2D eigenvalue weighted by Crippen LogP contribution is -2.51. The van der Waals surface area contributed by atoms with Crippen molar-refractivity contribution in [2.75, 3.05) is 19.8 Å². The van der Waals surface area contributed by atoms with Crippen LogP contribution in [0.5, 0.6) is 5.75 Å². The molecule has 0 aliphatic heterocycles. The van der Waals surface area contributed by atoms with Gasteiger partial charge in [-0.2, -0.15) is 0 Å². The molecule has 7 heteroatoms. The van der Waals surface area contributed by atoms with E-state index in [0.717, 1.165) is 30.6 Å². The largest absolute Gasteiger partial charge is 0.494 e. The Kier molecular flexibility index (Phi) is 9.62. The standard InChI is InChI=1S/C24H37NO6/c1-5-8-9-16-31-18-12-10-17(11-13-18)20-19(23(26)30-7-3)14-15-24(4,27)21(20)22(25-28)29-6-2/h10-13,19-21,27-28H,5-9,14-16H2,1-4H3. The van der Waals surface area contributed by atoms with Crippen LogP contribution in [0.1, 0.15) is 71.3 Å². The Morgan fingerprint density at radius 1 is 1.13 bits per heavy atom. The maximum atomic E-state index is 12.8. The molecule has 0 spiro atoms. The second-order valence-electron chi connectivity index (χ2n) is 8.25. The Balaban J connectivity index is 2.39. The number of esters is 1. The lowest BCUT2D eigenvalue weighted by Gasteiger charge is -2.45. The highest BCUT2D eigenvalue weighted by Gasteiger charge is 2.52. The van der Waals surface area contributed by atoms with Gasteiger partial charge in [-0.1, -0.05) is 37.1 Å². The maximum absolute atomic E-state index is 12.8. The van der Waals surface area contributed by atoms with Crippen LogP contribution >= 0.6 is 0 Å². The minimum atomic E-state index is -1.21. The lowest BCUT2D eigenvalue weighted by atomic mass is 9.62. The minimum absolute atomic E-state index is 0.0337. The predicted octanol–water partition coefficient (Wildman–Crippen LogP) is 4.50. The van der Waals surface area contributed by atoms with E-state index in [9.17, 15) is 15.1 Å². The van der Waals surface area contributed by atoms with Gasteiger partial charge in [0.1, 0.15) is 5.75 Å². The topological polar surface area (TPSA) is 97.6 Å². The molecule has 1 aliphatic carbocycles. The normalized spacial score (nSPS) is 26.4. The van der Waals surface area contributed by atoms with E-state index in [1.807, 2.05) is 24.3 Å². The molecule has 0 heterocycles. The number of nitrogens with zero attached hydrogens (tertiary/aromatic N) is 1. The summed E-state index contributed by atoms with van der Waals surface area (Å²) < 4.78 is 16.7. The first kappa shape index (κ1) is 25.0. The lowest BCUT2D eigenvalue weighted by molar-refractivity contribution is -0.153. The van der Waals surface area contributed by atoms with Gasteiger partial charge in [0.2, 0.25) is 5.90 Å². The van der Waals surface area contributed by atoms with Gasteiger partial charge in [-0.3, -0.25) is 4.79 Å². The van der Waals surface area contributed by atoms with E-state index in [0.29, 0.717) is 19.4 Å². The van der Waals surface area contributed by atoms with Crippen LogP contribution in [-0.4, -0.2) is 47.6 Å². The van der Waals surface area contributed by atoms with Gasteiger partial charge in [0.25, 0.3) is 0 Å². The molecule has 1 saturated carbocycles. The number of carbonyl (C=O) groups excluding carboxylic acids is 1. The van der Waals surface area contributed by atoms with Crippen LogP contribution in [0.15, 0.2) is 29.4 Å². The Labute approximate surface area is 185 Å². The number of benzene rings is 1. The van der Waals surface area contributed by atoms with Crippen LogP contribution in [0, 0.1) is 11.8 Å². The predicted molar refractivity (Wildman–Crippen MR) is 119 cm³/mol. The Bertz CT molecular complexity index is 715. The molecule has 2 N–H and O–H groups in total. The molecule has 4 unspecified atom stereocenters. The van der Waals surface area contributed by atoms with Crippen LogP contribution < -0.4 is 4.74 Å². The summed E-state index contributed by atoms with van der Waals surface area (Å²) in [7, 11) is 0. The average Bonchev–Trinajstić information content (AvgIpc) is 2.75. The second-order valence-corrected chi connectivity index (χ2v) is 8.25. The summed E-state index contributed by atoms with van der Waals surface area (Å²) in [6, 6.07) is 7.56. The Morgan fingerprint density at radius 3 is 2.39 bits per heavy atom. The van der Waals surface area contributed by atoms with Crippen LogP contribution in [0.4, 0.5) is 0 Å². The molecule has 0 bridgehead atoms. The summed E-state index contributed by atoms with van der Waals surface area (Å²) in [5, 5.41) is 24.2. The molecule has 0 saturated heterocycles. The van der Waals surface area contributed by atoms with Crippen molar-refractivity contribution in [2.45, 2.75) is 71.3 Å². The third-order valence-electron chi connectivity index (χ3n) is 5.95. The van der Waals surface area contributed by atoms with Crippen molar-refractivity contribution in [2.24, 2.45) is 17.0 Å². The van der Waals surface area contributed by atoms with E-state index < -0.39 is 23.4 Å². The van der Waals surface area contributed by atoms with Crippen molar-refractivity contribution in [3.05, 3.63) is 29.8 Å². The highest BCUT2D eigenvalue weighted by molar-refractivity contribution is 5.83. The number of aliphatic hydroxyl groups is 1. The average molecular weight is 436 g/mol. The number of oxime groups is 1. The third-order valence-corrected chi connectivity index (χ3v) is 5.95. The van der Waals surface area contributed by atoms with Crippen molar-refractivity contribution in [1.29, 1.82) is 0 Å². The summed E-state index contributed by atoms with van der Waals surface area (Å²) in [5.41, 5.74) is -0.371. The van der Waals surface area contributed by atoms with E-state index in [1.54, 1.807) is 20.8 Å². The summed E-state index contributed by atoms with van der Waals surface area (Å²) in [5.74, 6) is -1.18. The molecule has 174 valence electrons. The first-order chi connectivity index (χ1) is 14.9. The molecular formula is C24H37NO6. The van der Waals surface area contributed by atoms with Gasteiger partial charge in [0, 0.05) is 5.92 Å². The smallest absolute Gasteiger partial charge is 0.309 e. The zero-order valence-electron chi connectivity index (χ0n) is 19.2. The van der Waals surface area contributed by atoms with E-state index in [1.165, 1.54) is 0 Å². The summed E-state index contributed by atoms with van der Waals surface area (Å²) >= 11 is 0. The minimum Gasteiger partial charge on any atom is -0.494 e. The van der Waals surface area contributed by atoms with Gasteiger partial charge in [0.05, 0.1) is 37.3 Å². The number of ether oxygens (including phenoxy) is 3. The van der Waals surface area contributed by atoms with Gasteiger partial charge in [-0.25, -0.2) is 0 Å². The number of unbranched alkanes of at least 4 members (excludes halogenated alkanes) is 2. The molecule has 1 fully saturated rings. The molecule has 31 heavy (non-hydrogen) atoms. The van der Waals surface area contributed by atoms with Crippen LogP contribution in [0.2, 0.25) is 0 Å². The highest BCUT2D eigenvalue weighted by Crippen LogP contribution is 2.48. The molecule has 7 nitrogen and oxygen atoms in total. The molecule has 4 atom stereocenters. The number of hydrogen-bond donors (Lipinski definition) is 2. The number of carbonyl (C=O) groups is 1. The quantitative estimate of drug-likeness (QED) is 0.140. The van der Waals surface area contributed by atoms with Crippen LogP contribution in [0.25, 0.3) is 0 Å². The van der Waals surface area contributed by atoms with E-state index >= 15 is 0 Å². The zero-order chi connectivity index (χ0) is 22.9. The Hall–Kier alpha value is -2.28. The molecular weight excluding hydrogens is 398 g/mol. The number of hydrogen-bond acceptors (Lipinski definition) is 7. The third kappa shape index (κ3) is 6.35. The fraction of sp³-hybridized carbons (Fsp3) is 0.667. The van der Waals surface area contributed by atoms with E-state index in [2.05, 4.69) is 12.1 Å². The molecule has 1 aromatic rings. The first-order valence-corrected chi connectivity index (χ1v) is 11.4. The van der Waals surface area contributed by atoms with Gasteiger partial charge < -0.3 is 24.5 Å². The molecule has 2 rings (SSSR count). The molecule has 0 radical (unpaired) electrons. The van der Waals surface area contributed by atoms with Gasteiger partial charge in [-0.05, 0) is 57.7 Å². The monoisotopic (exact) mass is 435 g/mol. The summed E-state index contributed by atoms with van der Waals surface area (Å²) in [6.45, 7) is 8.62. The summed E-state index contributed by atoms with van der Waals surface area (Å²) in [6.07, 6.45) is 4.09. The van der Waals surface area contributed by atoms with E-state index in [-0.39, 0.29) is 25.1 Å². The fourth-order valence-electron chi connectivity index (χ4n) is 4.42. The van der Waals surface area contributed by atoms with Crippen molar-refractivity contribution >= 4 is 11.9 Å². The second kappa shape index (κ2) is 11.9. The van der Waals surface area contributed by atoms with Gasteiger partial charge in [0.15, 0.2) is 0 Å². The Morgan fingerprint density at radius 2 is 1.81 bits per heavy atom. The summed E-state index contributed by atoms with van der Waals surface area (Å²) in [4.78, 5) is 12.8. The van der Waals surface area contributed by atoms with Crippen molar-refractivity contribution in [1.82, 2.24) is 0 Å². The van der Waals surface area contributed by atoms with Gasteiger partial charge >= 0.3 is 5.97 Å². The van der Waals surface area contributed by atoms with Crippen LogP contribution in [-0.2, 0) is 14.3 Å². The molecule has 1 aromatic carbocycles. The van der Waals surface area contributed by atoms with Gasteiger partial charge in [-0.15, -0.1) is 0 Å². The zero-order valence-corrected chi connectivity index (χ0v) is 19.2. The van der Waals surface area contributed by atoms with Crippen molar-refractivity contribution in [3.63, 3.8) is 0 Å². The number of rotatable bonds is 10. The SMILES string of the molecule is CCCCCOc1ccc(C2C(C(=O)OCC)CCC(C)(O)C2C(=NO)OCC)cc1. The molecule has 0 aromatic heterocycles. The van der Waals surface area contributed by atoms with Crippen LogP contribution in [0.3, 0.4) is 0 Å². The fourth-order valence-corrected chi connectivity index (χ4v) is 4.42. The van der Waals surface area contributed by atoms with Crippen molar-refractivity contribution < 1.29 is 29.3 Å².